The SMILES string of the molecule is CCc1cc(S(=O)(=O)CCO)ccc1OC. The van der Waals surface area contributed by atoms with Gasteiger partial charge in [-0.3, -0.25) is 0 Å². The highest BCUT2D eigenvalue weighted by Crippen LogP contribution is 2.23. The molecule has 0 aliphatic rings. The molecule has 0 unspecified atom stereocenters. The summed E-state index contributed by atoms with van der Waals surface area (Å²) < 4.78 is 28.5. The first-order chi connectivity index (χ1) is 7.55. The first-order valence-electron chi connectivity index (χ1n) is 5.05. The van der Waals surface area contributed by atoms with E-state index in [0.717, 1.165) is 5.56 Å². The highest BCUT2D eigenvalue weighted by molar-refractivity contribution is 7.91. The quantitative estimate of drug-likeness (QED) is 0.840. The molecule has 1 rings (SSSR count). The first-order valence-corrected chi connectivity index (χ1v) is 6.71. The molecule has 1 N–H and O–H groups in total. The zero-order valence-electron chi connectivity index (χ0n) is 9.43. The fourth-order valence-electron chi connectivity index (χ4n) is 1.46. The number of hydrogen-bond donors (Lipinski definition) is 1. The normalized spacial score (nSPS) is 11.4. The summed E-state index contributed by atoms with van der Waals surface area (Å²) in [5.74, 6) is 0.438. The molecule has 5 heteroatoms. The second-order valence-electron chi connectivity index (χ2n) is 3.37. The maximum atomic E-state index is 11.7. The molecule has 0 radical (unpaired) electrons. The Labute approximate surface area is 95.8 Å². The van der Waals surface area contributed by atoms with Gasteiger partial charge in [-0.1, -0.05) is 6.92 Å². The second-order valence-corrected chi connectivity index (χ2v) is 5.48. The third-order valence-electron chi connectivity index (χ3n) is 2.35. The molecule has 90 valence electrons. The van der Waals surface area contributed by atoms with Gasteiger partial charge < -0.3 is 9.84 Å². The predicted octanol–water partition coefficient (Wildman–Crippen LogP) is 1.02. The zero-order chi connectivity index (χ0) is 12.2. The molecule has 1 aromatic rings. The Hall–Kier alpha value is -1.07. The summed E-state index contributed by atoms with van der Waals surface area (Å²) in [6, 6.07) is 4.75. The van der Waals surface area contributed by atoms with E-state index in [9.17, 15) is 8.42 Å². The highest BCUT2D eigenvalue weighted by atomic mass is 32.2. The van der Waals surface area contributed by atoms with E-state index in [1.807, 2.05) is 6.92 Å². The molecule has 0 aliphatic heterocycles. The van der Waals surface area contributed by atoms with Crippen molar-refractivity contribution in [1.82, 2.24) is 0 Å². The molecule has 0 amide bonds. The minimum atomic E-state index is -3.37. The Morgan fingerprint density at radius 2 is 2.06 bits per heavy atom. The van der Waals surface area contributed by atoms with Crippen LogP contribution in [-0.2, 0) is 16.3 Å². The molecule has 0 saturated heterocycles. The van der Waals surface area contributed by atoms with Gasteiger partial charge in [0.2, 0.25) is 0 Å². The number of ether oxygens (including phenoxy) is 1. The molecule has 0 aromatic heterocycles. The Balaban J connectivity index is 3.18. The summed E-state index contributed by atoms with van der Waals surface area (Å²) in [5, 5.41) is 8.69. The van der Waals surface area contributed by atoms with E-state index in [-0.39, 0.29) is 17.3 Å². The standard InChI is InChI=1S/C11H16O4S/c1-3-9-8-10(4-5-11(9)15-2)16(13,14)7-6-12/h4-5,8,12H,3,6-7H2,1-2H3. The van der Waals surface area contributed by atoms with Gasteiger partial charge in [0.25, 0.3) is 0 Å². The molecule has 4 nitrogen and oxygen atoms in total. The van der Waals surface area contributed by atoms with E-state index in [0.29, 0.717) is 12.2 Å². The lowest BCUT2D eigenvalue weighted by atomic mass is 10.1. The van der Waals surface area contributed by atoms with Crippen LogP contribution in [0.4, 0.5) is 0 Å². The third kappa shape index (κ3) is 2.74. The van der Waals surface area contributed by atoms with Gasteiger partial charge in [-0.2, -0.15) is 0 Å². The molecule has 0 heterocycles. The third-order valence-corrected chi connectivity index (χ3v) is 4.04. The second kappa shape index (κ2) is 5.32. The molecule has 0 atom stereocenters. The van der Waals surface area contributed by atoms with Crippen LogP contribution >= 0.6 is 0 Å². The van der Waals surface area contributed by atoms with Gasteiger partial charge in [0, 0.05) is 0 Å². The van der Waals surface area contributed by atoms with Crippen molar-refractivity contribution in [3.63, 3.8) is 0 Å². The molecular weight excluding hydrogens is 228 g/mol. The summed E-state index contributed by atoms with van der Waals surface area (Å²) in [6.07, 6.45) is 0.700. The van der Waals surface area contributed by atoms with E-state index >= 15 is 0 Å². The summed E-state index contributed by atoms with van der Waals surface area (Å²) in [6.45, 7) is 1.57. The fraction of sp³-hybridized carbons (Fsp3) is 0.455. The van der Waals surface area contributed by atoms with Crippen molar-refractivity contribution in [3.8, 4) is 5.75 Å². The van der Waals surface area contributed by atoms with Crippen LogP contribution in [0.25, 0.3) is 0 Å². The molecule has 0 aliphatic carbocycles. The summed E-state index contributed by atoms with van der Waals surface area (Å²) in [7, 11) is -1.82. The lowest BCUT2D eigenvalue weighted by Crippen LogP contribution is -2.10. The van der Waals surface area contributed by atoms with E-state index in [2.05, 4.69) is 0 Å². The maximum absolute atomic E-state index is 11.7. The average Bonchev–Trinajstić information content (AvgIpc) is 2.28. The van der Waals surface area contributed by atoms with Crippen LogP contribution < -0.4 is 4.74 Å². The molecular formula is C11H16O4S. The topological polar surface area (TPSA) is 63.6 Å². The lowest BCUT2D eigenvalue weighted by Gasteiger charge is -2.09. The van der Waals surface area contributed by atoms with Gasteiger partial charge in [-0.15, -0.1) is 0 Å². The van der Waals surface area contributed by atoms with Crippen LogP contribution in [-0.4, -0.2) is 33.0 Å². The van der Waals surface area contributed by atoms with Crippen LogP contribution in [0.1, 0.15) is 12.5 Å². The van der Waals surface area contributed by atoms with Gasteiger partial charge in [0.15, 0.2) is 9.84 Å². The van der Waals surface area contributed by atoms with Crippen molar-refractivity contribution in [2.24, 2.45) is 0 Å². The Morgan fingerprint density at radius 3 is 2.56 bits per heavy atom. The van der Waals surface area contributed by atoms with Crippen LogP contribution in [0.3, 0.4) is 0 Å². The Bertz CT molecular complexity index is 451. The fourth-order valence-corrected chi connectivity index (χ4v) is 2.54. The molecule has 0 bridgehead atoms. The van der Waals surface area contributed by atoms with Crippen LogP contribution in [0.5, 0.6) is 5.75 Å². The molecule has 0 saturated carbocycles. The largest absolute Gasteiger partial charge is 0.496 e. The zero-order valence-corrected chi connectivity index (χ0v) is 10.3. The van der Waals surface area contributed by atoms with Crippen LogP contribution in [0, 0.1) is 0 Å². The molecule has 16 heavy (non-hydrogen) atoms. The Kier molecular flexibility index (Phi) is 4.32. The van der Waals surface area contributed by atoms with Gasteiger partial charge in [-0.05, 0) is 30.2 Å². The van der Waals surface area contributed by atoms with Crippen molar-refractivity contribution in [1.29, 1.82) is 0 Å². The number of sulfone groups is 1. The van der Waals surface area contributed by atoms with Crippen molar-refractivity contribution in [2.75, 3.05) is 19.5 Å². The number of aliphatic hydroxyl groups is 1. The van der Waals surface area contributed by atoms with Crippen molar-refractivity contribution >= 4 is 9.84 Å². The van der Waals surface area contributed by atoms with Gasteiger partial charge in [0.05, 0.1) is 24.4 Å². The number of methoxy groups -OCH3 is 1. The average molecular weight is 244 g/mol. The van der Waals surface area contributed by atoms with E-state index < -0.39 is 9.84 Å². The maximum Gasteiger partial charge on any atom is 0.180 e. The minimum Gasteiger partial charge on any atom is -0.496 e. The minimum absolute atomic E-state index is 0.235. The molecule has 0 fully saturated rings. The summed E-state index contributed by atoms with van der Waals surface area (Å²) in [5.41, 5.74) is 0.849. The number of rotatable bonds is 5. The van der Waals surface area contributed by atoms with Crippen LogP contribution in [0.15, 0.2) is 23.1 Å². The molecule has 1 aromatic carbocycles. The van der Waals surface area contributed by atoms with Crippen molar-refractivity contribution in [2.45, 2.75) is 18.2 Å². The Morgan fingerprint density at radius 1 is 1.38 bits per heavy atom. The van der Waals surface area contributed by atoms with Crippen molar-refractivity contribution < 1.29 is 18.3 Å². The number of aliphatic hydroxyl groups excluding tert-OH is 1. The lowest BCUT2D eigenvalue weighted by molar-refractivity contribution is 0.319. The van der Waals surface area contributed by atoms with Crippen LogP contribution in [0.2, 0.25) is 0 Å². The van der Waals surface area contributed by atoms with E-state index in [4.69, 9.17) is 9.84 Å². The molecule has 0 spiro atoms. The van der Waals surface area contributed by atoms with Gasteiger partial charge in [0.1, 0.15) is 5.75 Å². The number of benzene rings is 1. The van der Waals surface area contributed by atoms with E-state index in [1.54, 1.807) is 19.2 Å². The van der Waals surface area contributed by atoms with Gasteiger partial charge in [-0.25, -0.2) is 8.42 Å². The predicted molar refractivity (Wildman–Crippen MR) is 61.5 cm³/mol. The smallest absolute Gasteiger partial charge is 0.180 e. The highest BCUT2D eigenvalue weighted by Gasteiger charge is 2.15. The first kappa shape index (κ1) is 13.0. The number of aryl methyl sites for hydroxylation is 1. The monoisotopic (exact) mass is 244 g/mol. The van der Waals surface area contributed by atoms with E-state index in [1.165, 1.54) is 6.07 Å². The number of hydrogen-bond acceptors (Lipinski definition) is 4. The summed E-state index contributed by atoms with van der Waals surface area (Å²) >= 11 is 0. The van der Waals surface area contributed by atoms with Crippen molar-refractivity contribution in [3.05, 3.63) is 23.8 Å². The summed E-state index contributed by atoms with van der Waals surface area (Å²) in [4.78, 5) is 0.235. The van der Waals surface area contributed by atoms with Gasteiger partial charge >= 0.3 is 0 Å².